The van der Waals surface area contributed by atoms with Gasteiger partial charge in [-0.15, -0.1) is 10.2 Å². The zero-order valence-corrected chi connectivity index (χ0v) is 20.6. The molecular weight excluding hydrogens is 463 g/mol. The molecule has 0 saturated carbocycles. The van der Waals surface area contributed by atoms with Gasteiger partial charge in [-0.25, -0.2) is 4.39 Å². The van der Waals surface area contributed by atoms with E-state index in [2.05, 4.69) is 29.4 Å². The molecule has 0 aliphatic heterocycles. The van der Waals surface area contributed by atoms with Crippen LogP contribution in [0.25, 0.3) is 5.69 Å². The molecule has 0 fully saturated rings. The van der Waals surface area contributed by atoms with Gasteiger partial charge in [0.05, 0.1) is 5.25 Å². The first-order chi connectivity index (χ1) is 16.9. The highest BCUT2D eigenvalue weighted by molar-refractivity contribution is 8.00. The fourth-order valence-corrected chi connectivity index (χ4v) is 4.46. The number of hydrogen-bond acceptors (Lipinski definition) is 5. The summed E-state index contributed by atoms with van der Waals surface area (Å²) in [6.07, 6.45) is 0. The van der Waals surface area contributed by atoms with Crippen molar-refractivity contribution in [3.8, 4) is 11.4 Å². The number of benzene rings is 3. The molecule has 0 spiro atoms. The van der Waals surface area contributed by atoms with Gasteiger partial charge in [-0.3, -0.25) is 9.36 Å². The van der Waals surface area contributed by atoms with Crippen LogP contribution in [-0.4, -0.2) is 25.9 Å². The molecule has 35 heavy (non-hydrogen) atoms. The maximum atomic E-state index is 14.0. The summed E-state index contributed by atoms with van der Waals surface area (Å²) in [6, 6.07) is 23.6. The van der Waals surface area contributed by atoms with E-state index in [1.54, 1.807) is 18.2 Å². The van der Waals surface area contributed by atoms with E-state index < -0.39 is 11.1 Å². The van der Waals surface area contributed by atoms with Crippen LogP contribution in [0.1, 0.15) is 38.1 Å². The van der Waals surface area contributed by atoms with Crippen LogP contribution < -0.4 is 10.1 Å². The van der Waals surface area contributed by atoms with E-state index in [1.165, 1.54) is 17.8 Å². The number of para-hydroxylation sites is 3. The van der Waals surface area contributed by atoms with Crippen LogP contribution in [0.5, 0.6) is 5.75 Å². The van der Waals surface area contributed by atoms with Crippen molar-refractivity contribution >= 4 is 23.4 Å². The van der Waals surface area contributed by atoms with Crippen LogP contribution in [0.4, 0.5) is 10.1 Å². The van der Waals surface area contributed by atoms with E-state index >= 15 is 0 Å². The number of halogens is 1. The molecule has 1 heterocycles. The molecule has 0 aliphatic rings. The van der Waals surface area contributed by atoms with Gasteiger partial charge >= 0.3 is 0 Å². The smallest absolute Gasteiger partial charge is 0.237 e. The summed E-state index contributed by atoms with van der Waals surface area (Å²) in [5.74, 6) is 0.350. The lowest BCUT2D eigenvalue weighted by Gasteiger charge is -2.17. The second kappa shape index (κ2) is 11.2. The van der Waals surface area contributed by atoms with Crippen LogP contribution in [-0.2, 0) is 11.4 Å². The SMILES string of the molecule is CC(Sc1nnc(COc2ccccc2F)n1-c1ccccc1)C(=O)Nc1ccccc1C(C)C. The number of amides is 1. The Bertz CT molecular complexity index is 1290. The monoisotopic (exact) mass is 490 g/mol. The maximum Gasteiger partial charge on any atom is 0.237 e. The van der Waals surface area contributed by atoms with E-state index in [1.807, 2.05) is 66.1 Å². The average Bonchev–Trinajstić information content (AvgIpc) is 3.26. The molecule has 6 nitrogen and oxygen atoms in total. The molecule has 0 saturated heterocycles. The summed E-state index contributed by atoms with van der Waals surface area (Å²) in [5.41, 5.74) is 2.71. The Balaban J connectivity index is 1.55. The Labute approximate surface area is 208 Å². The van der Waals surface area contributed by atoms with Crippen molar-refractivity contribution in [1.29, 1.82) is 0 Å². The van der Waals surface area contributed by atoms with Gasteiger partial charge in [0.2, 0.25) is 5.91 Å². The first-order valence-corrected chi connectivity index (χ1v) is 12.3. The van der Waals surface area contributed by atoms with Crippen molar-refractivity contribution in [1.82, 2.24) is 14.8 Å². The second-order valence-electron chi connectivity index (χ2n) is 8.28. The van der Waals surface area contributed by atoms with Crippen LogP contribution in [0.3, 0.4) is 0 Å². The van der Waals surface area contributed by atoms with E-state index in [0.29, 0.717) is 11.0 Å². The fraction of sp³-hybridized carbons (Fsp3) is 0.222. The van der Waals surface area contributed by atoms with Gasteiger partial charge in [0, 0.05) is 11.4 Å². The fourth-order valence-electron chi connectivity index (χ4n) is 3.57. The predicted octanol–water partition coefficient (Wildman–Crippen LogP) is 6.23. The van der Waals surface area contributed by atoms with Crippen molar-refractivity contribution in [3.05, 3.63) is 96.1 Å². The van der Waals surface area contributed by atoms with Gasteiger partial charge < -0.3 is 10.1 Å². The number of nitrogens with zero attached hydrogens (tertiary/aromatic N) is 3. The topological polar surface area (TPSA) is 69.0 Å². The Morgan fingerprint density at radius 1 is 0.971 bits per heavy atom. The number of hydrogen-bond donors (Lipinski definition) is 1. The molecule has 4 aromatic rings. The van der Waals surface area contributed by atoms with Crippen molar-refractivity contribution in [3.63, 3.8) is 0 Å². The number of carbonyl (C=O) groups is 1. The lowest BCUT2D eigenvalue weighted by atomic mass is 10.0. The van der Waals surface area contributed by atoms with Crippen molar-refractivity contribution in [2.45, 2.75) is 43.7 Å². The number of nitrogens with one attached hydrogen (secondary N) is 1. The molecule has 0 aliphatic carbocycles. The summed E-state index contributed by atoms with van der Waals surface area (Å²) in [7, 11) is 0. The number of aromatic nitrogens is 3. The highest BCUT2D eigenvalue weighted by Crippen LogP contribution is 2.29. The van der Waals surface area contributed by atoms with Crippen molar-refractivity contribution < 1.29 is 13.9 Å². The number of anilines is 1. The van der Waals surface area contributed by atoms with E-state index in [0.717, 1.165) is 16.9 Å². The zero-order valence-electron chi connectivity index (χ0n) is 19.8. The molecule has 4 rings (SSSR count). The maximum absolute atomic E-state index is 14.0. The normalized spacial score (nSPS) is 11.9. The Kier molecular flexibility index (Phi) is 7.82. The molecule has 0 radical (unpaired) electrons. The number of carbonyl (C=O) groups excluding carboxylic acids is 1. The van der Waals surface area contributed by atoms with Gasteiger partial charge in [-0.1, -0.05) is 74.1 Å². The minimum atomic E-state index is -0.445. The summed E-state index contributed by atoms with van der Waals surface area (Å²) >= 11 is 1.30. The average molecular weight is 491 g/mol. The molecule has 1 amide bonds. The van der Waals surface area contributed by atoms with Crippen molar-refractivity contribution in [2.75, 3.05) is 5.32 Å². The Hall–Kier alpha value is -3.65. The number of rotatable bonds is 9. The largest absolute Gasteiger partial charge is 0.483 e. The third-order valence-corrected chi connectivity index (χ3v) is 6.44. The van der Waals surface area contributed by atoms with Gasteiger partial charge in [-0.05, 0) is 48.7 Å². The van der Waals surface area contributed by atoms with Gasteiger partial charge in [0.15, 0.2) is 22.5 Å². The highest BCUT2D eigenvalue weighted by atomic mass is 32.2. The van der Waals surface area contributed by atoms with Gasteiger partial charge in [0.25, 0.3) is 0 Å². The molecule has 180 valence electrons. The van der Waals surface area contributed by atoms with E-state index in [9.17, 15) is 9.18 Å². The lowest BCUT2D eigenvalue weighted by Crippen LogP contribution is -2.23. The van der Waals surface area contributed by atoms with E-state index in [-0.39, 0.29) is 24.2 Å². The summed E-state index contributed by atoms with van der Waals surface area (Å²) in [5, 5.41) is 11.8. The van der Waals surface area contributed by atoms with Gasteiger partial charge in [-0.2, -0.15) is 0 Å². The Morgan fingerprint density at radius 2 is 1.66 bits per heavy atom. The van der Waals surface area contributed by atoms with Crippen LogP contribution in [0, 0.1) is 5.82 Å². The van der Waals surface area contributed by atoms with Gasteiger partial charge in [0.1, 0.15) is 6.61 Å². The third-order valence-electron chi connectivity index (χ3n) is 5.40. The summed E-state index contributed by atoms with van der Waals surface area (Å²) in [4.78, 5) is 13.0. The minimum Gasteiger partial charge on any atom is -0.483 e. The Morgan fingerprint density at radius 3 is 2.40 bits per heavy atom. The zero-order chi connectivity index (χ0) is 24.8. The van der Waals surface area contributed by atoms with Crippen LogP contribution in [0.2, 0.25) is 0 Å². The molecule has 1 aromatic heterocycles. The van der Waals surface area contributed by atoms with Crippen LogP contribution >= 0.6 is 11.8 Å². The second-order valence-corrected chi connectivity index (χ2v) is 9.59. The van der Waals surface area contributed by atoms with Crippen LogP contribution in [0.15, 0.2) is 84.0 Å². The molecule has 3 aromatic carbocycles. The van der Waals surface area contributed by atoms with E-state index in [4.69, 9.17) is 4.74 Å². The lowest BCUT2D eigenvalue weighted by molar-refractivity contribution is -0.115. The predicted molar refractivity (Wildman–Crippen MR) is 137 cm³/mol. The summed E-state index contributed by atoms with van der Waals surface area (Å²) in [6.45, 7) is 6.04. The standard InChI is InChI=1S/C27H27FN4O2S/c1-18(2)21-13-7-9-15-23(21)29-26(33)19(3)35-27-31-30-25(32(27)20-11-5-4-6-12-20)17-34-24-16-10-8-14-22(24)28/h4-16,18-19H,17H2,1-3H3,(H,29,33). The molecule has 1 atom stereocenters. The summed E-state index contributed by atoms with van der Waals surface area (Å²) < 4.78 is 21.5. The molecule has 8 heteroatoms. The number of thioether (sulfide) groups is 1. The molecule has 0 bridgehead atoms. The van der Waals surface area contributed by atoms with Crippen molar-refractivity contribution in [2.24, 2.45) is 0 Å². The molecule has 1 unspecified atom stereocenters. The number of ether oxygens (including phenoxy) is 1. The third kappa shape index (κ3) is 5.89. The minimum absolute atomic E-state index is 0.0196. The quantitative estimate of drug-likeness (QED) is 0.282. The first-order valence-electron chi connectivity index (χ1n) is 11.4. The molecule has 1 N–H and O–H groups in total. The molecular formula is C27H27FN4O2S. The first kappa shape index (κ1) is 24.5. The highest BCUT2D eigenvalue weighted by Gasteiger charge is 2.22.